The van der Waals surface area contributed by atoms with Crippen molar-refractivity contribution in [3.05, 3.63) is 12.7 Å². The molecule has 0 aliphatic carbocycles. The van der Waals surface area contributed by atoms with E-state index < -0.39 is 72.0 Å². The van der Waals surface area contributed by atoms with Gasteiger partial charge in [-0.1, -0.05) is 6.58 Å². The van der Waals surface area contributed by atoms with Gasteiger partial charge >= 0.3 is 59.7 Å². The van der Waals surface area contributed by atoms with E-state index in [0.717, 1.165) is 0 Å². The molecule has 35 heavy (non-hydrogen) atoms. The zero-order valence-corrected chi connectivity index (χ0v) is 15.2. The van der Waals surface area contributed by atoms with Crippen LogP contribution in [0.25, 0.3) is 0 Å². The Morgan fingerprint density at radius 1 is 0.571 bits per heavy atom. The maximum atomic E-state index is 13.4. The van der Waals surface area contributed by atoms with Crippen LogP contribution in [-0.4, -0.2) is 65.9 Å². The first-order valence-electron chi connectivity index (χ1n) is 7.45. The minimum absolute atomic E-state index is 0.556. The minimum atomic E-state index is -9.07. The summed E-state index contributed by atoms with van der Waals surface area (Å²) in [6, 6.07) is 0. The molecule has 0 heterocycles. The summed E-state index contributed by atoms with van der Waals surface area (Å²) in [6.45, 7) is 2.22. The van der Waals surface area contributed by atoms with Gasteiger partial charge in [-0.25, -0.2) is 9.18 Å². The number of halogens is 20. The van der Waals surface area contributed by atoms with E-state index in [4.69, 9.17) is 0 Å². The third-order valence-electron chi connectivity index (χ3n) is 3.76. The fourth-order valence-corrected chi connectivity index (χ4v) is 1.78. The van der Waals surface area contributed by atoms with E-state index in [2.05, 4.69) is 11.3 Å². The Morgan fingerprint density at radius 2 is 0.857 bits per heavy atom. The molecule has 0 bridgehead atoms. The van der Waals surface area contributed by atoms with Gasteiger partial charge in [-0.3, -0.25) is 0 Å². The lowest BCUT2D eigenvalue weighted by atomic mass is 9.87. The molecule has 0 saturated carbocycles. The van der Waals surface area contributed by atoms with Crippen molar-refractivity contribution in [1.29, 1.82) is 0 Å². The van der Waals surface area contributed by atoms with Gasteiger partial charge in [0.25, 0.3) is 6.17 Å². The molecule has 0 N–H and O–H groups in total. The van der Waals surface area contributed by atoms with Crippen molar-refractivity contribution in [3.8, 4) is 0 Å². The zero-order valence-electron chi connectivity index (χ0n) is 15.2. The molecule has 0 aliphatic heterocycles. The maximum Gasteiger partial charge on any atom is 0.473 e. The predicted octanol–water partition coefficient (Wildman–Crippen LogP) is 6.66. The van der Waals surface area contributed by atoms with Gasteiger partial charge in [0.1, 0.15) is 0 Å². The number of ether oxygens (including phenoxy) is 1. The van der Waals surface area contributed by atoms with Crippen LogP contribution in [0.1, 0.15) is 0 Å². The maximum absolute atomic E-state index is 13.4. The summed E-state index contributed by atoms with van der Waals surface area (Å²) in [5.41, 5.74) is 0. The van der Waals surface area contributed by atoms with E-state index in [1.807, 2.05) is 0 Å². The second kappa shape index (κ2) is 8.44. The van der Waals surface area contributed by atoms with Crippen LogP contribution in [0, 0.1) is 0 Å². The van der Waals surface area contributed by atoms with Gasteiger partial charge in [0.2, 0.25) is 0 Å². The first-order chi connectivity index (χ1) is 14.9. The number of carbonyl (C=O) groups is 1. The number of rotatable bonds is 10. The first kappa shape index (κ1) is 32.8. The van der Waals surface area contributed by atoms with Crippen LogP contribution in [0.4, 0.5) is 87.8 Å². The average Bonchev–Trinajstić information content (AvgIpc) is 2.64. The third kappa shape index (κ3) is 4.44. The number of carbonyl (C=O) groups excluding carboxylic acids is 1. The molecule has 0 aliphatic rings. The lowest BCUT2D eigenvalue weighted by molar-refractivity contribution is -0.471. The van der Waals surface area contributed by atoms with E-state index in [9.17, 15) is 92.6 Å². The van der Waals surface area contributed by atoms with E-state index in [0.29, 0.717) is 0 Å². The van der Waals surface area contributed by atoms with Gasteiger partial charge in [0.05, 0.1) is 0 Å². The van der Waals surface area contributed by atoms with E-state index >= 15 is 0 Å². The zero-order chi connectivity index (χ0) is 29.1. The van der Waals surface area contributed by atoms with Crippen molar-refractivity contribution in [2.24, 2.45) is 0 Å². The second-order valence-electron chi connectivity index (χ2n) is 6.12. The fourth-order valence-electron chi connectivity index (χ4n) is 1.78. The molecule has 0 fully saturated rings. The van der Waals surface area contributed by atoms with E-state index in [1.165, 1.54) is 0 Å². The number of hydrogen-bond acceptors (Lipinski definition) is 2. The van der Waals surface area contributed by atoms with Crippen LogP contribution in [0.3, 0.4) is 0 Å². The molecule has 0 saturated heterocycles. The summed E-state index contributed by atoms with van der Waals surface area (Å²) in [5.74, 6) is -63.8. The molecular weight excluding hydrogens is 568 g/mol. The average molecular weight is 572 g/mol. The number of alkyl halides is 20. The van der Waals surface area contributed by atoms with Gasteiger partial charge < -0.3 is 4.74 Å². The highest BCUT2D eigenvalue weighted by Crippen LogP contribution is 2.64. The molecule has 0 amide bonds. The molecule has 0 rings (SSSR count). The van der Waals surface area contributed by atoms with Gasteiger partial charge in [-0.15, -0.1) is 0 Å². The van der Waals surface area contributed by atoms with Crippen molar-refractivity contribution in [2.75, 3.05) is 0 Å². The lowest BCUT2D eigenvalue weighted by Crippen LogP contribution is -2.76. The quantitative estimate of drug-likeness (QED) is 0.167. The summed E-state index contributed by atoms with van der Waals surface area (Å²) in [6.07, 6.45) is -21.8. The highest BCUT2D eigenvalue weighted by molar-refractivity contribution is 5.81. The Bertz CT molecular complexity index is 808. The van der Waals surface area contributed by atoms with E-state index in [1.54, 1.807) is 0 Å². The molecule has 208 valence electrons. The lowest BCUT2D eigenvalue weighted by Gasteiger charge is -2.43. The van der Waals surface area contributed by atoms with E-state index in [-0.39, 0.29) is 0 Å². The molecule has 2 nitrogen and oxygen atoms in total. The Labute approximate surface area is 177 Å². The topological polar surface area (TPSA) is 26.3 Å². The van der Waals surface area contributed by atoms with Crippen LogP contribution in [0.2, 0.25) is 0 Å². The standard InChI is InChI=1S/C13H4F20O2/c1-2-3(34)35-13(32,33)12(30,31)11(28,29)10(26,27)9(24,25)8(22,23)7(20,21)5(15,16)4(14)6(17,18)19/h2,4H,1H2. The fraction of sp³-hybridized carbons (Fsp3) is 0.769. The van der Waals surface area contributed by atoms with Gasteiger partial charge in [0.15, 0.2) is 0 Å². The Kier molecular flexibility index (Phi) is 7.91. The molecule has 22 heteroatoms. The molecule has 0 spiro atoms. The summed E-state index contributed by atoms with van der Waals surface area (Å²) in [5, 5.41) is 0. The van der Waals surface area contributed by atoms with Crippen LogP contribution in [0.15, 0.2) is 12.7 Å². The SMILES string of the molecule is C=CC(=O)OC(F)(F)C(F)(F)C(F)(F)C(F)(F)C(F)(F)C(F)(F)C(F)(F)C(F)(F)C(F)C(F)(F)F. The first-order valence-corrected chi connectivity index (χ1v) is 7.45. The number of hydrogen-bond donors (Lipinski definition) is 0. The molecular formula is C13H4F20O2. The largest absolute Gasteiger partial charge is 0.473 e. The van der Waals surface area contributed by atoms with Crippen molar-refractivity contribution < 1.29 is 97.3 Å². The smallest absolute Gasteiger partial charge is 0.393 e. The minimum Gasteiger partial charge on any atom is -0.393 e. The van der Waals surface area contributed by atoms with Crippen LogP contribution in [0.5, 0.6) is 0 Å². The summed E-state index contributed by atoms with van der Waals surface area (Å²) < 4.78 is 263. The van der Waals surface area contributed by atoms with Crippen molar-refractivity contribution >= 4 is 5.97 Å². The second-order valence-corrected chi connectivity index (χ2v) is 6.12. The number of esters is 1. The molecule has 0 aromatic carbocycles. The van der Waals surface area contributed by atoms with Crippen molar-refractivity contribution in [2.45, 2.75) is 59.9 Å². The van der Waals surface area contributed by atoms with Crippen LogP contribution >= 0.6 is 0 Å². The Hall–Kier alpha value is -2.19. The molecule has 1 atom stereocenters. The molecule has 0 aromatic rings. The monoisotopic (exact) mass is 572 g/mol. The highest BCUT2D eigenvalue weighted by atomic mass is 19.4. The molecule has 0 aromatic heterocycles. The normalized spacial score (nSPS) is 16.7. The summed E-state index contributed by atoms with van der Waals surface area (Å²) >= 11 is 0. The van der Waals surface area contributed by atoms with Crippen molar-refractivity contribution in [3.63, 3.8) is 0 Å². The highest BCUT2D eigenvalue weighted by Gasteiger charge is 2.96. The summed E-state index contributed by atoms with van der Waals surface area (Å²) in [4.78, 5) is 10.4. The van der Waals surface area contributed by atoms with Gasteiger partial charge in [-0.2, -0.15) is 83.4 Å². The summed E-state index contributed by atoms with van der Waals surface area (Å²) in [7, 11) is 0. The molecule has 1 unspecified atom stereocenters. The van der Waals surface area contributed by atoms with Crippen LogP contribution < -0.4 is 0 Å². The van der Waals surface area contributed by atoms with Gasteiger partial charge in [-0.05, 0) is 0 Å². The Morgan fingerprint density at radius 3 is 1.14 bits per heavy atom. The Balaban J connectivity index is 6.92. The third-order valence-corrected chi connectivity index (χ3v) is 3.76. The van der Waals surface area contributed by atoms with Crippen molar-refractivity contribution in [1.82, 2.24) is 0 Å². The van der Waals surface area contributed by atoms with Crippen LogP contribution in [-0.2, 0) is 9.53 Å². The molecule has 0 radical (unpaired) electrons. The predicted molar refractivity (Wildman–Crippen MR) is 66.8 cm³/mol. The van der Waals surface area contributed by atoms with Gasteiger partial charge in [0, 0.05) is 6.08 Å².